The molecule has 2 aromatic rings. The van der Waals surface area contributed by atoms with E-state index in [0.29, 0.717) is 17.1 Å². The molecule has 0 bridgehead atoms. The predicted molar refractivity (Wildman–Crippen MR) is 105 cm³/mol. The molecular weight excluding hydrogens is 342 g/mol. The number of benzene rings is 2. The van der Waals surface area contributed by atoms with Crippen molar-refractivity contribution in [2.75, 3.05) is 16.8 Å². The van der Waals surface area contributed by atoms with Gasteiger partial charge in [0.15, 0.2) is 0 Å². The van der Waals surface area contributed by atoms with Crippen molar-refractivity contribution in [2.45, 2.75) is 27.2 Å². The van der Waals surface area contributed by atoms with Crippen molar-refractivity contribution < 1.29 is 14.3 Å². The summed E-state index contributed by atoms with van der Waals surface area (Å²) in [6.07, 6.45) is -0.401. The second-order valence-electron chi connectivity index (χ2n) is 7.00. The zero-order valence-corrected chi connectivity index (χ0v) is 15.7. The highest BCUT2D eigenvalue weighted by atomic mass is 16.6. The zero-order chi connectivity index (χ0) is 19.9. The van der Waals surface area contributed by atoms with Crippen LogP contribution in [0, 0.1) is 16.7 Å². The van der Waals surface area contributed by atoms with Gasteiger partial charge in [-0.1, -0.05) is 45.0 Å². The van der Waals surface area contributed by atoms with Gasteiger partial charge in [0.1, 0.15) is 5.75 Å². The molecule has 6 nitrogen and oxygen atoms in total. The minimum Gasteiger partial charge on any atom is -0.410 e. The molecule has 0 aliphatic carbocycles. The van der Waals surface area contributed by atoms with Gasteiger partial charge in [0.05, 0.1) is 12.5 Å². The van der Waals surface area contributed by atoms with Gasteiger partial charge < -0.3 is 10.1 Å². The Morgan fingerprint density at radius 2 is 1.81 bits per heavy atom. The number of nitrogens with zero attached hydrogens (tertiary/aromatic N) is 2. The summed E-state index contributed by atoms with van der Waals surface area (Å²) in [6, 6.07) is 17.7. The molecule has 1 N–H and O–H groups in total. The molecule has 0 spiro atoms. The average molecular weight is 365 g/mol. The SMILES string of the molecule is CC(C)(C)C(=O)Nc1cccc(OC(=O)N(CCC#N)c2ccccc2)c1. The summed E-state index contributed by atoms with van der Waals surface area (Å²) in [4.78, 5) is 26.1. The Bertz CT molecular complexity index is 836. The maximum absolute atomic E-state index is 12.6. The molecule has 0 atom stereocenters. The van der Waals surface area contributed by atoms with Gasteiger partial charge in [0.2, 0.25) is 5.91 Å². The Hall–Kier alpha value is -3.33. The lowest BCUT2D eigenvalue weighted by molar-refractivity contribution is -0.123. The van der Waals surface area contributed by atoms with Crippen LogP contribution in [0.2, 0.25) is 0 Å². The third kappa shape index (κ3) is 5.86. The molecule has 6 heteroatoms. The van der Waals surface area contributed by atoms with Gasteiger partial charge in [0.25, 0.3) is 0 Å². The molecule has 0 heterocycles. The Balaban J connectivity index is 2.14. The van der Waals surface area contributed by atoms with E-state index in [4.69, 9.17) is 10.00 Å². The number of nitrogens with one attached hydrogen (secondary N) is 1. The molecule has 0 saturated heterocycles. The molecule has 140 valence electrons. The van der Waals surface area contributed by atoms with E-state index in [0.717, 1.165) is 0 Å². The van der Waals surface area contributed by atoms with Gasteiger partial charge in [-0.2, -0.15) is 5.26 Å². The number of anilines is 2. The fourth-order valence-electron chi connectivity index (χ4n) is 2.21. The standard InChI is InChI=1S/C21H23N3O3/c1-21(2,3)19(25)23-16-9-7-12-18(15-16)27-20(26)24(14-8-13-22)17-10-5-4-6-11-17/h4-7,9-12,15H,8,14H2,1-3H3,(H,23,25). The highest BCUT2D eigenvalue weighted by Gasteiger charge is 2.22. The number of para-hydroxylation sites is 1. The summed E-state index contributed by atoms with van der Waals surface area (Å²) in [6.45, 7) is 5.68. The molecule has 2 aromatic carbocycles. The van der Waals surface area contributed by atoms with Crippen LogP contribution in [-0.4, -0.2) is 18.5 Å². The van der Waals surface area contributed by atoms with Crippen LogP contribution in [0.4, 0.5) is 16.2 Å². The van der Waals surface area contributed by atoms with Gasteiger partial charge in [-0.25, -0.2) is 4.79 Å². The molecule has 0 fully saturated rings. The zero-order valence-electron chi connectivity index (χ0n) is 15.7. The smallest absolute Gasteiger partial charge is 0.410 e. The number of hydrogen-bond donors (Lipinski definition) is 1. The van der Waals surface area contributed by atoms with Crippen LogP contribution in [0.15, 0.2) is 54.6 Å². The van der Waals surface area contributed by atoms with E-state index in [1.54, 1.807) is 36.4 Å². The number of ether oxygens (including phenoxy) is 1. The maximum Gasteiger partial charge on any atom is 0.419 e. The quantitative estimate of drug-likeness (QED) is 0.840. The molecule has 2 amide bonds. The van der Waals surface area contributed by atoms with Gasteiger partial charge >= 0.3 is 6.09 Å². The van der Waals surface area contributed by atoms with Crippen molar-refractivity contribution >= 4 is 23.4 Å². The van der Waals surface area contributed by atoms with Gasteiger partial charge in [-0.3, -0.25) is 9.69 Å². The number of carbonyl (C=O) groups excluding carboxylic acids is 2. The lowest BCUT2D eigenvalue weighted by atomic mass is 9.95. The summed E-state index contributed by atoms with van der Waals surface area (Å²) in [5.41, 5.74) is 0.659. The van der Waals surface area contributed by atoms with Crippen LogP contribution in [0.3, 0.4) is 0 Å². The van der Waals surface area contributed by atoms with Crippen LogP contribution in [0.5, 0.6) is 5.75 Å². The highest BCUT2D eigenvalue weighted by molar-refractivity contribution is 5.95. The Kier molecular flexibility index (Phi) is 6.56. The Labute approximate surface area is 159 Å². The lowest BCUT2D eigenvalue weighted by Crippen LogP contribution is -2.34. The minimum absolute atomic E-state index is 0.133. The Morgan fingerprint density at radius 3 is 2.44 bits per heavy atom. The normalized spacial score (nSPS) is 10.6. The van der Waals surface area contributed by atoms with E-state index in [1.165, 1.54) is 4.90 Å². The molecule has 0 unspecified atom stereocenters. The van der Waals surface area contributed by atoms with E-state index < -0.39 is 11.5 Å². The van der Waals surface area contributed by atoms with Crippen molar-refractivity contribution in [1.82, 2.24) is 0 Å². The fourth-order valence-corrected chi connectivity index (χ4v) is 2.21. The lowest BCUT2D eigenvalue weighted by Gasteiger charge is -2.21. The molecule has 0 saturated carbocycles. The summed E-state index contributed by atoms with van der Waals surface area (Å²) in [7, 11) is 0. The van der Waals surface area contributed by atoms with Crippen molar-refractivity contribution in [3.63, 3.8) is 0 Å². The number of hydrogen-bond acceptors (Lipinski definition) is 4. The van der Waals surface area contributed by atoms with E-state index in [-0.39, 0.29) is 18.9 Å². The summed E-state index contributed by atoms with van der Waals surface area (Å²) in [5, 5.41) is 11.7. The topological polar surface area (TPSA) is 82.4 Å². The molecular formula is C21H23N3O3. The molecule has 0 aliphatic rings. The van der Waals surface area contributed by atoms with Crippen molar-refractivity contribution in [3.8, 4) is 11.8 Å². The molecule has 27 heavy (non-hydrogen) atoms. The average Bonchev–Trinajstić information content (AvgIpc) is 2.62. The van der Waals surface area contributed by atoms with Crippen molar-refractivity contribution in [1.29, 1.82) is 5.26 Å². The third-order valence-corrected chi connectivity index (χ3v) is 3.71. The van der Waals surface area contributed by atoms with Crippen LogP contribution >= 0.6 is 0 Å². The monoisotopic (exact) mass is 365 g/mol. The molecule has 0 aromatic heterocycles. The first-order valence-electron chi connectivity index (χ1n) is 8.64. The van der Waals surface area contributed by atoms with Crippen LogP contribution < -0.4 is 15.0 Å². The summed E-state index contributed by atoms with van der Waals surface area (Å²) < 4.78 is 5.46. The van der Waals surface area contributed by atoms with Gasteiger partial charge in [-0.05, 0) is 24.3 Å². The first kappa shape index (κ1) is 20.0. The molecule has 0 aliphatic heterocycles. The Morgan fingerprint density at radius 1 is 1.11 bits per heavy atom. The van der Waals surface area contributed by atoms with E-state index in [2.05, 4.69) is 5.32 Å². The summed E-state index contributed by atoms with van der Waals surface area (Å²) >= 11 is 0. The van der Waals surface area contributed by atoms with Crippen LogP contribution in [0.25, 0.3) is 0 Å². The summed E-state index contributed by atoms with van der Waals surface area (Å²) in [5.74, 6) is 0.176. The number of nitriles is 1. The predicted octanol–water partition coefficient (Wildman–Crippen LogP) is 4.59. The highest BCUT2D eigenvalue weighted by Crippen LogP contribution is 2.23. The molecule has 0 radical (unpaired) electrons. The number of carbonyl (C=O) groups is 2. The number of amides is 2. The second-order valence-corrected chi connectivity index (χ2v) is 7.00. The van der Waals surface area contributed by atoms with Crippen LogP contribution in [-0.2, 0) is 4.79 Å². The largest absolute Gasteiger partial charge is 0.419 e. The minimum atomic E-state index is -0.587. The van der Waals surface area contributed by atoms with Crippen molar-refractivity contribution in [2.24, 2.45) is 5.41 Å². The van der Waals surface area contributed by atoms with Crippen LogP contribution in [0.1, 0.15) is 27.2 Å². The van der Waals surface area contributed by atoms with Gasteiger partial charge in [-0.15, -0.1) is 0 Å². The number of rotatable bonds is 5. The second kappa shape index (κ2) is 8.86. The molecule has 2 rings (SSSR count). The van der Waals surface area contributed by atoms with E-state index in [1.807, 2.05) is 45.0 Å². The first-order chi connectivity index (χ1) is 12.8. The van der Waals surface area contributed by atoms with E-state index >= 15 is 0 Å². The van der Waals surface area contributed by atoms with Crippen molar-refractivity contribution in [3.05, 3.63) is 54.6 Å². The fraction of sp³-hybridized carbons (Fsp3) is 0.286. The third-order valence-electron chi connectivity index (χ3n) is 3.71. The van der Waals surface area contributed by atoms with Gasteiger partial charge in [0, 0.05) is 29.4 Å². The maximum atomic E-state index is 12.6. The van der Waals surface area contributed by atoms with E-state index in [9.17, 15) is 9.59 Å². The first-order valence-corrected chi connectivity index (χ1v) is 8.64.